The molecule has 144 valence electrons. The monoisotopic (exact) mass is 391 g/mol. The Balaban J connectivity index is 1.64. The summed E-state index contributed by atoms with van der Waals surface area (Å²) in [5.74, 6) is -2.64. The Morgan fingerprint density at radius 3 is 2.34 bits per heavy atom. The Labute approximate surface area is 163 Å². The third-order valence-corrected chi connectivity index (χ3v) is 4.30. The quantitative estimate of drug-likeness (QED) is 0.538. The Morgan fingerprint density at radius 2 is 1.59 bits per heavy atom. The molecule has 29 heavy (non-hydrogen) atoms. The molecule has 0 radical (unpaired) electrons. The summed E-state index contributed by atoms with van der Waals surface area (Å²) in [5, 5.41) is 0.917. The first-order valence-electron chi connectivity index (χ1n) is 8.54. The number of carbonyl (C=O) groups excluding carboxylic acids is 4. The summed E-state index contributed by atoms with van der Waals surface area (Å²) < 4.78 is 5.09. The van der Waals surface area contributed by atoms with Crippen molar-refractivity contribution in [2.75, 3.05) is 4.90 Å². The molecule has 0 atom stereocenters. The number of carbonyl (C=O) groups is 4. The van der Waals surface area contributed by atoms with E-state index in [0.29, 0.717) is 16.0 Å². The number of amides is 5. The predicted molar refractivity (Wildman–Crippen MR) is 101 cm³/mol. The van der Waals surface area contributed by atoms with Gasteiger partial charge in [-0.05, 0) is 24.3 Å². The summed E-state index contributed by atoms with van der Waals surface area (Å²) in [4.78, 5) is 62.6. The molecule has 1 aliphatic rings. The molecule has 1 fully saturated rings. The van der Waals surface area contributed by atoms with Crippen LogP contribution in [-0.4, -0.2) is 28.8 Å². The third kappa shape index (κ3) is 3.25. The molecule has 0 aliphatic carbocycles. The number of para-hydroxylation sites is 2. The molecule has 0 unspecified atom stereocenters. The fourth-order valence-corrected chi connectivity index (χ4v) is 2.92. The van der Waals surface area contributed by atoms with Gasteiger partial charge in [0.1, 0.15) is 17.6 Å². The van der Waals surface area contributed by atoms with Gasteiger partial charge in [0.05, 0.1) is 5.69 Å². The molecule has 0 spiro atoms. The molecule has 2 aromatic carbocycles. The Morgan fingerprint density at radius 1 is 0.897 bits per heavy atom. The zero-order chi connectivity index (χ0) is 20.5. The van der Waals surface area contributed by atoms with Gasteiger partial charge >= 0.3 is 11.7 Å². The molecule has 1 aliphatic heterocycles. The number of urea groups is 1. The number of hydrogen-bond donors (Lipinski definition) is 1. The lowest BCUT2D eigenvalue weighted by molar-refractivity contribution is -0.136. The van der Waals surface area contributed by atoms with Crippen LogP contribution in [0.25, 0.3) is 11.0 Å². The lowest BCUT2D eigenvalue weighted by atomic mass is 10.2. The van der Waals surface area contributed by atoms with Crippen molar-refractivity contribution in [3.8, 4) is 0 Å². The van der Waals surface area contributed by atoms with Crippen LogP contribution in [-0.2, 0) is 9.59 Å². The molecule has 4 rings (SSSR count). The average molecular weight is 391 g/mol. The number of rotatable bonds is 3. The van der Waals surface area contributed by atoms with Crippen LogP contribution in [0.5, 0.6) is 0 Å². The number of anilines is 1. The van der Waals surface area contributed by atoms with Crippen molar-refractivity contribution in [3.05, 3.63) is 76.6 Å². The Kier molecular flexibility index (Phi) is 4.40. The van der Waals surface area contributed by atoms with Gasteiger partial charge in [-0.3, -0.25) is 19.8 Å². The first kappa shape index (κ1) is 18.1. The molecular weight excluding hydrogens is 378 g/mol. The number of imide groups is 2. The summed E-state index contributed by atoms with van der Waals surface area (Å²) >= 11 is 0. The van der Waals surface area contributed by atoms with E-state index in [1.165, 1.54) is 18.2 Å². The van der Waals surface area contributed by atoms with Crippen molar-refractivity contribution >= 4 is 40.4 Å². The highest BCUT2D eigenvalue weighted by Crippen LogP contribution is 2.21. The maximum atomic E-state index is 12.7. The third-order valence-electron chi connectivity index (χ3n) is 4.30. The van der Waals surface area contributed by atoms with Crippen LogP contribution in [0.2, 0.25) is 0 Å². The Hall–Kier alpha value is -4.27. The maximum absolute atomic E-state index is 12.7. The highest BCUT2D eigenvalue weighted by atomic mass is 16.4. The van der Waals surface area contributed by atoms with Gasteiger partial charge < -0.3 is 4.42 Å². The van der Waals surface area contributed by atoms with E-state index in [1.54, 1.807) is 42.5 Å². The van der Waals surface area contributed by atoms with Crippen molar-refractivity contribution in [1.29, 1.82) is 0 Å². The van der Waals surface area contributed by atoms with Crippen molar-refractivity contribution in [2.24, 2.45) is 0 Å². The van der Waals surface area contributed by atoms with Gasteiger partial charge in [-0.2, -0.15) is 5.01 Å². The fourth-order valence-electron chi connectivity index (χ4n) is 2.92. The largest absolute Gasteiger partial charge is 0.422 e. The minimum atomic E-state index is -1.05. The van der Waals surface area contributed by atoms with E-state index in [9.17, 15) is 24.0 Å². The van der Waals surface area contributed by atoms with Crippen molar-refractivity contribution < 1.29 is 23.6 Å². The van der Waals surface area contributed by atoms with Crippen molar-refractivity contribution in [2.45, 2.75) is 6.42 Å². The van der Waals surface area contributed by atoms with Gasteiger partial charge in [0, 0.05) is 5.39 Å². The second-order valence-corrected chi connectivity index (χ2v) is 6.18. The zero-order valence-electron chi connectivity index (χ0n) is 14.8. The number of hydrazine groups is 1. The topological polar surface area (TPSA) is 117 Å². The van der Waals surface area contributed by atoms with Gasteiger partial charge in [-0.1, -0.05) is 36.4 Å². The predicted octanol–water partition coefficient (Wildman–Crippen LogP) is 1.82. The second-order valence-electron chi connectivity index (χ2n) is 6.18. The average Bonchev–Trinajstić information content (AvgIpc) is 2.71. The zero-order valence-corrected chi connectivity index (χ0v) is 14.8. The van der Waals surface area contributed by atoms with Crippen LogP contribution < -0.4 is 16.0 Å². The summed E-state index contributed by atoms with van der Waals surface area (Å²) in [6.45, 7) is 0. The lowest BCUT2D eigenvalue weighted by Gasteiger charge is -2.32. The van der Waals surface area contributed by atoms with E-state index in [-0.39, 0.29) is 11.3 Å². The molecule has 2 heterocycles. The van der Waals surface area contributed by atoms with E-state index < -0.39 is 35.8 Å². The fraction of sp³-hybridized carbons (Fsp3) is 0.0500. The van der Waals surface area contributed by atoms with Crippen molar-refractivity contribution in [3.63, 3.8) is 0 Å². The Bertz CT molecular complexity index is 1220. The molecule has 9 nitrogen and oxygen atoms in total. The number of hydrogen-bond acceptors (Lipinski definition) is 6. The molecular formula is C20H13N3O6. The van der Waals surface area contributed by atoms with Crippen molar-refractivity contribution in [1.82, 2.24) is 10.4 Å². The van der Waals surface area contributed by atoms with Gasteiger partial charge in [-0.15, -0.1) is 0 Å². The highest BCUT2D eigenvalue weighted by Gasteiger charge is 2.40. The van der Waals surface area contributed by atoms with Crippen LogP contribution in [0.4, 0.5) is 10.5 Å². The molecule has 1 N–H and O–H groups in total. The summed E-state index contributed by atoms with van der Waals surface area (Å²) in [6, 6.07) is 14.8. The molecule has 9 heteroatoms. The van der Waals surface area contributed by atoms with Gasteiger partial charge in [0.2, 0.25) is 5.91 Å². The van der Waals surface area contributed by atoms with Crippen LogP contribution in [0.3, 0.4) is 0 Å². The minimum absolute atomic E-state index is 0.250. The van der Waals surface area contributed by atoms with Gasteiger partial charge in [0.25, 0.3) is 11.8 Å². The van der Waals surface area contributed by atoms with Crippen LogP contribution in [0.1, 0.15) is 16.8 Å². The summed E-state index contributed by atoms with van der Waals surface area (Å²) in [7, 11) is 0. The number of fused-ring (bicyclic) bond motifs is 1. The van der Waals surface area contributed by atoms with Gasteiger partial charge in [-0.25, -0.2) is 14.5 Å². The number of benzene rings is 2. The lowest BCUT2D eigenvalue weighted by Crippen LogP contribution is -2.61. The second kappa shape index (κ2) is 7.04. The summed E-state index contributed by atoms with van der Waals surface area (Å²) in [6.07, 6.45) is -0.618. The molecule has 5 amide bonds. The first-order valence-corrected chi connectivity index (χ1v) is 8.54. The molecule has 1 saturated heterocycles. The SMILES string of the molecule is O=C(NN1C(=O)CC(=O)N(c2ccccc2)C1=O)c1cc2ccccc2oc1=O. The maximum Gasteiger partial charge on any atom is 0.357 e. The van der Waals surface area contributed by atoms with E-state index in [2.05, 4.69) is 5.43 Å². The van der Waals surface area contributed by atoms with Gasteiger partial charge in [0.15, 0.2) is 0 Å². The number of nitrogens with zero attached hydrogens (tertiary/aromatic N) is 2. The van der Waals surface area contributed by atoms with Crippen LogP contribution in [0.15, 0.2) is 69.9 Å². The van der Waals surface area contributed by atoms with E-state index in [1.807, 2.05) is 0 Å². The number of nitrogens with one attached hydrogen (secondary N) is 1. The van der Waals surface area contributed by atoms with Crippen LogP contribution >= 0.6 is 0 Å². The normalized spacial score (nSPS) is 14.4. The minimum Gasteiger partial charge on any atom is -0.422 e. The van der Waals surface area contributed by atoms with Crippen LogP contribution in [0, 0.1) is 0 Å². The highest BCUT2D eigenvalue weighted by molar-refractivity contribution is 6.26. The molecule has 1 aromatic heterocycles. The van der Waals surface area contributed by atoms with E-state index >= 15 is 0 Å². The first-order chi connectivity index (χ1) is 14.0. The number of barbiturate groups is 1. The summed E-state index contributed by atoms with van der Waals surface area (Å²) in [5.41, 5.74) is 1.34. The smallest absolute Gasteiger partial charge is 0.357 e. The molecule has 0 saturated carbocycles. The van der Waals surface area contributed by atoms with E-state index in [0.717, 1.165) is 4.90 Å². The molecule has 0 bridgehead atoms. The standard InChI is InChI=1S/C20H13N3O6/c24-16-11-17(25)23(20(28)22(16)13-7-2-1-3-8-13)21-18(26)14-10-12-6-4-5-9-15(12)29-19(14)27/h1-10H,11H2,(H,21,26). The van der Waals surface area contributed by atoms with E-state index in [4.69, 9.17) is 4.42 Å². The molecule has 3 aromatic rings.